The zero-order valence-electron chi connectivity index (χ0n) is 39.4. The largest absolute Gasteiger partial charge is 0.453 e. The predicted octanol–water partition coefficient (Wildman–Crippen LogP) is 11.4. The lowest BCUT2D eigenvalue weighted by Gasteiger charge is -2.71. The second kappa shape index (κ2) is 13.7. The third-order valence-corrected chi connectivity index (χ3v) is 22.3. The number of nitrogens with zero attached hydrogens (tertiary/aromatic N) is 1. The van der Waals surface area contributed by atoms with Gasteiger partial charge in [0.25, 0.3) is 5.91 Å². The highest BCUT2D eigenvalue weighted by atomic mass is 35.5. The Hall–Kier alpha value is -3.41. The Balaban J connectivity index is 0.983. The number of alkyl halides is 3. The summed E-state index contributed by atoms with van der Waals surface area (Å²) >= 11 is 6.45. The van der Waals surface area contributed by atoms with Gasteiger partial charge in [0.2, 0.25) is 5.78 Å². The van der Waals surface area contributed by atoms with Crippen molar-refractivity contribution in [2.75, 3.05) is 13.1 Å². The number of Topliss-reactive ketones (excluding diaryl/α,β-unsaturated/α-hetero) is 1. The first kappa shape index (κ1) is 45.1. The number of fused-ring (bicyclic) bond motifs is 5. The van der Waals surface area contributed by atoms with Crippen LogP contribution in [0.2, 0.25) is 5.02 Å². The van der Waals surface area contributed by atoms with E-state index in [1.54, 1.807) is 0 Å². The number of allylic oxidation sites excluding steroid dienone is 4. The summed E-state index contributed by atoms with van der Waals surface area (Å²) in [6.07, 6.45) is 9.77. The Morgan fingerprint density at radius 2 is 1.59 bits per heavy atom. The molecule has 1 aliphatic heterocycles. The van der Waals surface area contributed by atoms with Gasteiger partial charge in [0.1, 0.15) is 5.76 Å². The summed E-state index contributed by atoms with van der Waals surface area (Å²) in [5.41, 5.74) is -6.96. The van der Waals surface area contributed by atoms with Gasteiger partial charge in [-0.3, -0.25) is 14.4 Å². The Morgan fingerprint density at radius 1 is 0.879 bits per heavy atom. The van der Waals surface area contributed by atoms with Crippen LogP contribution in [0.15, 0.2) is 58.6 Å². The number of benzene rings is 1. The SMILES string of the molecule is CC1(C)[C@H]2CC[C@@H](CN(C[C@]3(O)CC[C@H]4[C@]56C=C[C@@]7(C=C5C(=O)c5ccc(-c8cc(C(F)(F)F)ccc8Cl)o5)CC(O)CC[C@]7(C)[C@H]6CC[C@@]43C)C(=O)[C@@]34CC[C@@](C)(C(=O)O3)C4(C)C)[C@@H]1C2. The second-order valence-corrected chi connectivity index (χ2v) is 25.0. The van der Waals surface area contributed by atoms with Crippen LogP contribution in [-0.4, -0.2) is 63.2 Å². The number of aliphatic hydroxyl groups is 2. The van der Waals surface area contributed by atoms with Gasteiger partial charge in [-0.25, -0.2) is 0 Å². The number of halogens is 4. The first-order valence-electron chi connectivity index (χ1n) is 24.6. The van der Waals surface area contributed by atoms with E-state index in [0.717, 1.165) is 37.8 Å². The van der Waals surface area contributed by atoms with Crippen molar-refractivity contribution in [2.24, 2.45) is 67.5 Å². The maximum absolute atomic E-state index is 15.6. The average molecular weight is 933 g/mol. The van der Waals surface area contributed by atoms with Gasteiger partial charge in [0, 0.05) is 39.3 Å². The van der Waals surface area contributed by atoms with Gasteiger partial charge in [0.15, 0.2) is 11.4 Å². The summed E-state index contributed by atoms with van der Waals surface area (Å²) < 4.78 is 54.0. The van der Waals surface area contributed by atoms with E-state index in [1.807, 2.05) is 25.7 Å². The van der Waals surface area contributed by atoms with Crippen LogP contribution in [0, 0.1) is 67.5 Å². The quantitative estimate of drug-likeness (QED) is 0.154. The van der Waals surface area contributed by atoms with Crippen molar-refractivity contribution in [1.29, 1.82) is 0 Å². The van der Waals surface area contributed by atoms with Crippen molar-refractivity contribution in [1.82, 2.24) is 4.90 Å². The number of amides is 1. The number of ketones is 1. The summed E-state index contributed by atoms with van der Waals surface area (Å²) in [5, 5.41) is 24.9. The number of furan rings is 1. The van der Waals surface area contributed by atoms with Crippen LogP contribution in [0.5, 0.6) is 0 Å². The minimum absolute atomic E-state index is 0.0178. The number of aliphatic hydroxyl groups excluding tert-OH is 1. The van der Waals surface area contributed by atoms with E-state index in [1.165, 1.54) is 18.2 Å². The smallest absolute Gasteiger partial charge is 0.416 e. The molecule has 8 fully saturated rings. The van der Waals surface area contributed by atoms with Crippen LogP contribution in [-0.2, 0) is 20.5 Å². The fourth-order valence-corrected chi connectivity index (χ4v) is 17.4. The number of esters is 1. The monoisotopic (exact) mass is 931 g/mol. The molecule has 6 bridgehead atoms. The third-order valence-electron chi connectivity index (χ3n) is 22.0. The standard InChI is InChI=1S/C54H65ClF3NO7/c1-45(2)31-9-8-30(35(45)25-31)28-59(43(62)53-23-20-49(7,44(63)66-53)46(53,3)4)29-51(64)19-16-41-48(51,6)18-15-40-47(5)17-14-33(60)26-50(47)21-22-52(40,41)36(27-50)42(61)39-13-12-38(65-39)34-24-32(54(56,57)58)10-11-37(34)55/h10-13,21-22,24,27,30-31,33,35,40-41,60,64H,8-9,14-20,23,25-26,28-29H2,1-7H3/t30-,31-,33?,35-,40+,41+,47+,48-,49-,50-,51+,52+,53+/m0/s1. The maximum atomic E-state index is 15.6. The lowest BCUT2D eigenvalue weighted by atomic mass is 9.32. The number of hydrogen-bond acceptors (Lipinski definition) is 7. The Morgan fingerprint density at radius 3 is 2.26 bits per heavy atom. The maximum Gasteiger partial charge on any atom is 0.416 e. The molecule has 1 aromatic carbocycles. The molecule has 1 aromatic heterocycles. The summed E-state index contributed by atoms with van der Waals surface area (Å²) in [5.74, 6) is 0.221. The molecule has 13 rings (SSSR count). The number of hydrogen-bond donors (Lipinski definition) is 2. The number of rotatable bonds is 8. The molecule has 7 saturated carbocycles. The Bertz CT molecular complexity index is 2530. The van der Waals surface area contributed by atoms with E-state index >= 15 is 9.59 Å². The molecule has 1 saturated heterocycles. The molecule has 66 heavy (non-hydrogen) atoms. The van der Waals surface area contributed by atoms with E-state index in [4.69, 9.17) is 20.8 Å². The minimum Gasteiger partial charge on any atom is -0.453 e. The molecule has 11 aliphatic rings. The molecule has 2 aromatic rings. The molecular formula is C54H65ClF3NO7. The van der Waals surface area contributed by atoms with Crippen LogP contribution in [0.4, 0.5) is 13.2 Å². The zero-order chi connectivity index (χ0) is 47.2. The lowest BCUT2D eigenvalue weighted by Crippen LogP contribution is -2.68. The second-order valence-electron chi connectivity index (χ2n) is 24.6. The van der Waals surface area contributed by atoms with Gasteiger partial charge in [-0.2, -0.15) is 13.2 Å². The summed E-state index contributed by atoms with van der Waals surface area (Å²) in [7, 11) is 0. The third kappa shape index (κ3) is 5.40. The highest BCUT2D eigenvalue weighted by Gasteiger charge is 2.78. The van der Waals surface area contributed by atoms with Crippen LogP contribution in [0.1, 0.15) is 142 Å². The number of ether oxygens (including phenoxy) is 1. The molecule has 2 spiro atoms. The van der Waals surface area contributed by atoms with Gasteiger partial charge < -0.3 is 24.3 Å². The van der Waals surface area contributed by atoms with Crippen LogP contribution < -0.4 is 0 Å². The van der Waals surface area contributed by atoms with Crippen molar-refractivity contribution in [3.05, 3.63) is 70.5 Å². The molecule has 356 valence electrons. The Kier molecular flexibility index (Phi) is 9.34. The van der Waals surface area contributed by atoms with Crippen LogP contribution in [0.25, 0.3) is 11.3 Å². The van der Waals surface area contributed by atoms with Crippen LogP contribution >= 0.6 is 11.6 Å². The fourth-order valence-electron chi connectivity index (χ4n) is 17.2. The molecule has 13 atom stereocenters. The van der Waals surface area contributed by atoms with E-state index in [-0.39, 0.29) is 74.9 Å². The van der Waals surface area contributed by atoms with Gasteiger partial charge in [-0.1, -0.05) is 71.4 Å². The predicted molar refractivity (Wildman–Crippen MR) is 242 cm³/mol. The Labute approximate surface area is 391 Å². The highest BCUT2D eigenvalue weighted by molar-refractivity contribution is 6.33. The van der Waals surface area contributed by atoms with Gasteiger partial charge in [-0.15, -0.1) is 0 Å². The minimum atomic E-state index is -4.61. The summed E-state index contributed by atoms with van der Waals surface area (Å²) in [6.45, 7) is 15.6. The van der Waals surface area contributed by atoms with Gasteiger partial charge >= 0.3 is 12.1 Å². The van der Waals surface area contributed by atoms with E-state index < -0.39 is 56.1 Å². The highest BCUT2D eigenvalue weighted by Crippen LogP contribution is 2.79. The lowest BCUT2D eigenvalue weighted by molar-refractivity contribution is -0.190. The van der Waals surface area contributed by atoms with Gasteiger partial charge in [0.05, 0.1) is 34.3 Å². The van der Waals surface area contributed by atoms with Crippen molar-refractivity contribution < 1.29 is 46.9 Å². The molecule has 0 radical (unpaired) electrons. The van der Waals surface area contributed by atoms with Crippen molar-refractivity contribution >= 4 is 29.3 Å². The molecular weight excluding hydrogens is 867 g/mol. The molecule has 1 amide bonds. The molecule has 12 heteroatoms. The summed E-state index contributed by atoms with van der Waals surface area (Å²) in [6, 6.07) is 6.03. The normalized spacial score (nSPS) is 44.2. The van der Waals surface area contributed by atoms with E-state index in [9.17, 15) is 28.2 Å². The molecule has 10 aliphatic carbocycles. The molecule has 1 unspecified atom stereocenters. The van der Waals surface area contributed by atoms with E-state index in [2.05, 4.69) is 45.9 Å². The van der Waals surface area contributed by atoms with Crippen LogP contribution in [0.3, 0.4) is 0 Å². The molecule has 8 nitrogen and oxygen atoms in total. The number of carbonyl (C=O) groups is 3. The first-order chi connectivity index (χ1) is 30.7. The molecule has 2 N–H and O–H groups in total. The first-order valence-corrected chi connectivity index (χ1v) is 25.0. The fraction of sp³-hybridized carbons (Fsp3) is 0.685. The average Bonchev–Trinajstić information content (AvgIpc) is 3.94. The topological polar surface area (TPSA) is 117 Å². The van der Waals surface area contributed by atoms with Gasteiger partial charge in [-0.05, 0) is 155 Å². The van der Waals surface area contributed by atoms with Crippen molar-refractivity contribution in [2.45, 2.75) is 149 Å². The van der Waals surface area contributed by atoms with Crippen molar-refractivity contribution in [3.8, 4) is 11.3 Å². The van der Waals surface area contributed by atoms with E-state index in [0.29, 0.717) is 75.3 Å². The van der Waals surface area contributed by atoms with Crippen molar-refractivity contribution in [3.63, 3.8) is 0 Å². The number of carbonyl (C=O) groups excluding carboxylic acids is 3. The zero-order valence-corrected chi connectivity index (χ0v) is 40.1. The summed E-state index contributed by atoms with van der Waals surface area (Å²) in [4.78, 5) is 46.5. The molecule has 2 heterocycles.